The van der Waals surface area contributed by atoms with Crippen molar-refractivity contribution in [2.75, 3.05) is 33.4 Å². The highest BCUT2D eigenvalue weighted by molar-refractivity contribution is 7.98. The monoisotopic (exact) mass is 329 g/mol. The second kappa shape index (κ2) is 9.34. The Bertz CT molecular complexity index is 504. The Kier molecular flexibility index (Phi) is 7.78. The summed E-state index contributed by atoms with van der Waals surface area (Å²) in [5.74, 6) is 2.90. The fourth-order valence-corrected chi connectivity index (χ4v) is 2.49. The van der Waals surface area contributed by atoms with Crippen LogP contribution in [-0.4, -0.2) is 48.3 Å². The van der Waals surface area contributed by atoms with Gasteiger partial charge in [-0.3, -0.25) is 10.1 Å². The molecule has 8 nitrogen and oxygen atoms in total. The van der Waals surface area contributed by atoms with Crippen molar-refractivity contribution in [3.05, 3.63) is 51.0 Å². The molecule has 0 atom stereocenters. The number of thioether (sulfide) groups is 1. The fourth-order valence-electron chi connectivity index (χ4n) is 1.69. The molecule has 0 aromatic carbocycles. The zero-order valence-electron chi connectivity index (χ0n) is 12.9. The van der Waals surface area contributed by atoms with E-state index in [2.05, 4.69) is 5.32 Å². The molecule has 0 amide bonds. The van der Waals surface area contributed by atoms with Crippen molar-refractivity contribution in [2.24, 2.45) is 0 Å². The van der Waals surface area contributed by atoms with Gasteiger partial charge < -0.3 is 24.9 Å². The van der Waals surface area contributed by atoms with E-state index < -0.39 is 4.92 Å². The van der Waals surface area contributed by atoms with Crippen LogP contribution < -0.4 is 5.32 Å². The molecule has 0 radical (unpaired) electrons. The van der Waals surface area contributed by atoms with Crippen molar-refractivity contribution in [2.45, 2.75) is 12.3 Å². The molecule has 0 unspecified atom stereocenters. The zero-order chi connectivity index (χ0) is 16.5. The summed E-state index contributed by atoms with van der Waals surface area (Å²) in [5.41, 5.74) is 0. The van der Waals surface area contributed by atoms with Crippen LogP contribution in [0, 0.1) is 15.3 Å². The highest BCUT2D eigenvalue weighted by Crippen LogP contribution is 2.16. The number of nitrogens with one attached hydrogen (secondary N) is 1. The summed E-state index contributed by atoms with van der Waals surface area (Å²) in [4.78, 5) is 11.7. The fraction of sp³-hybridized carbons (Fsp3) is 0.538. The molecule has 9 heteroatoms. The van der Waals surface area contributed by atoms with E-state index in [1.54, 1.807) is 0 Å². The van der Waals surface area contributed by atoms with Crippen LogP contribution in [0.25, 0.3) is 0 Å². The molecule has 0 aliphatic rings. The SMILES string of the molecule is CN/C(=C\[N+](=O)[O-])N([O-])CCSCc1ccc(CN(C)C)o1. The molecule has 0 bridgehead atoms. The maximum Gasteiger partial charge on any atom is 0.273 e. The lowest BCUT2D eigenvalue weighted by molar-refractivity contribution is -0.404. The van der Waals surface area contributed by atoms with E-state index in [1.807, 2.05) is 31.1 Å². The average Bonchev–Trinajstić information content (AvgIpc) is 2.87. The third-order valence-corrected chi connectivity index (χ3v) is 3.58. The minimum atomic E-state index is -0.654. The lowest BCUT2D eigenvalue weighted by Gasteiger charge is -2.30. The average molecular weight is 329 g/mol. The van der Waals surface area contributed by atoms with Crippen molar-refractivity contribution in [3.8, 4) is 0 Å². The smallest absolute Gasteiger partial charge is 0.273 e. The molecule has 1 rings (SSSR count). The van der Waals surface area contributed by atoms with Crippen molar-refractivity contribution in [1.29, 1.82) is 0 Å². The van der Waals surface area contributed by atoms with Gasteiger partial charge in [0.25, 0.3) is 6.20 Å². The Morgan fingerprint density at radius 2 is 2.14 bits per heavy atom. The van der Waals surface area contributed by atoms with Crippen molar-refractivity contribution in [3.63, 3.8) is 0 Å². The molecule has 1 aromatic rings. The van der Waals surface area contributed by atoms with Crippen LogP contribution in [0.2, 0.25) is 0 Å². The summed E-state index contributed by atoms with van der Waals surface area (Å²) in [7, 11) is 5.41. The number of nitrogens with zero attached hydrogens (tertiary/aromatic N) is 3. The van der Waals surface area contributed by atoms with E-state index in [-0.39, 0.29) is 12.4 Å². The van der Waals surface area contributed by atoms with Gasteiger partial charge in [-0.1, -0.05) is 0 Å². The molecular formula is C13H21N4O4S-. The van der Waals surface area contributed by atoms with E-state index in [1.165, 1.54) is 18.8 Å². The van der Waals surface area contributed by atoms with Gasteiger partial charge in [-0.2, -0.15) is 11.8 Å². The minimum absolute atomic E-state index is 0.0585. The van der Waals surface area contributed by atoms with Gasteiger partial charge in [0.15, 0.2) is 5.82 Å². The third kappa shape index (κ3) is 6.83. The highest BCUT2D eigenvalue weighted by Gasteiger charge is 2.05. The maximum atomic E-state index is 11.7. The maximum absolute atomic E-state index is 11.7. The van der Waals surface area contributed by atoms with Crippen molar-refractivity contribution in [1.82, 2.24) is 15.3 Å². The zero-order valence-corrected chi connectivity index (χ0v) is 13.8. The van der Waals surface area contributed by atoms with Gasteiger partial charge in [-0.25, -0.2) is 0 Å². The molecule has 1 heterocycles. The van der Waals surface area contributed by atoms with Gasteiger partial charge >= 0.3 is 0 Å². The largest absolute Gasteiger partial charge is 0.757 e. The van der Waals surface area contributed by atoms with Crippen LogP contribution in [0.4, 0.5) is 0 Å². The van der Waals surface area contributed by atoms with Crippen LogP contribution in [-0.2, 0) is 12.3 Å². The van der Waals surface area contributed by atoms with E-state index >= 15 is 0 Å². The number of nitro groups is 1. The standard InChI is InChI=1S/C13H21N4O4S/c1-14-13(9-17(19)20)16(18)6-7-22-10-12-5-4-11(21-12)8-15(2)3/h4-5,9,14H,6-8,10H2,1-3H3/q-1/b13-9+. The van der Waals surface area contributed by atoms with Gasteiger partial charge in [0, 0.05) is 19.3 Å². The number of rotatable bonds is 10. The van der Waals surface area contributed by atoms with Crippen LogP contribution >= 0.6 is 11.8 Å². The molecule has 22 heavy (non-hydrogen) atoms. The first kappa shape index (κ1) is 18.3. The molecule has 0 spiro atoms. The van der Waals surface area contributed by atoms with E-state index in [0.717, 1.165) is 18.1 Å². The summed E-state index contributed by atoms with van der Waals surface area (Å²) < 4.78 is 5.66. The Labute approximate surface area is 133 Å². The molecule has 0 aliphatic heterocycles. The molecular weight excluding hydrogens is 308 g/mol. The van der Waals surface area contributed by atoms with Crippen LogP contribution in [0.3, 0.4) is 0 Å². The summed E-state index contributed by atoms with van der Waals surface area (Å²) >= 11 is 1.54. The van der Waals surface area contributed by atoms with Crippen LogP contribution in [0.5, 0.6) is 0 Å². The van der Waals surface area contributed by atoms with Crippen molar-refractivity contribution >= 4 is 11.8 Å². The van der Waals surface area contributed by atoms with Gasteiger partial charge in [-0.15, -0.1) is 0 Å². The van der Waals surface area contributed by atoms with Gasteiger partial charge in [0.2, 0.25) is 0 Å². The lowest BCUT2D eigenvalue weighted by Crippen LogP contribution is -2.27. The Hall–Kier alpha value is -1.71. The Balaban J connectivity index is 2.32. The molecule has 0 aliphatic carbocycles. The quantitative estimate of drug-likeness (QED) is 0.393. The number of hydroxylamine groups is 2. The Morgan fingerprint density at radius 3 is 2.73 bits per heavy atom. The Morgan fingerprint density at radius 1 is 1.45 bits per heavy atom. The summed E-state index contributed by atoms with van der Waals surface area (Å²) in [5, 5.41) is 25.1. The van der Waals surface area contributed by atoms with E-state index in [4.69, 9.17) is 4.42 Å². The number of hydrogen-bond acceptors (Lipinski definition) is 8. The molecule has 124 valence electrons. The van der Waals surface area contributed by atoms with Gasteiger partial charge in [-0.05, 0) is 26.2 Å². The second-order valence-corrected chi connectivity index (χ2v) is 5.92. The van der Waals surface area contributed by atoms with Crippen molar-refractivity contribution < 1.29 is 9.34 Å². The van der Waals surface area contributed by atoms with E-state index in [0.29, 0.717) is 22.8 Å². The first-order valence-corrected chi connectivity index (χ1v) is 7.85. The summed E-state index contributed by atoms with van der Waals surface area (Å²) in [6.07, 6.45) is 0.664. The van der Waals surface area contributed by atoms with Gasteiger partial charge in [0.1, 0.15) is 11.5 Å². The van der Waals surface area contributed by atoms with Gasteiger partial charge in [0.05, 0.1) is 17.2 Å². The molecule has 0 fully saturated rings. The summed E-state index contributed by atoms with van der Waals surface area (Å²) in [6, 6.07) is 3.86. The topological polar surface area (TPSA) is 97.8 Å². The summed E-state index contributed by atoms with van der Waals surface area (Å²) in [6.45, 7) is 0.909. The first-order valence-electron chi connectivity index (χ1n) is 6.70. The number of furan rings is 1. The van der Waals surface area contributed by atoms with E-state index in [9.17, 15) is 15.3 Å². The van der Waals surface area contributed by atoms with Crippen LogP contribution in [0.15, 0.2) is 28.6 Å². The van der Waals surface area contributed by atoms with Crippen LogP contribution in [0.1, 0.15) is 11.5 Å². The first-order chi connectivity index (χ1) is 10.4. The third-order valence-electron chi connectivity index (χ3n) is 2.62. The minimum Gasteiger partial charge on any atom is -0.757 e. The highest BCUT2D eigenvalue weighted by atomic mass is 32.2. The normalized spacial score (nSPS) is 11.8. The molecule has 1 aromatic heterocycles. The lowest BCUT2D eigenvalue weighted by atomic mass is 10.4. The predicted molar refractivity (Wildman–Crippen MR) is 86.5 cm³/mol. The molecule has 1 N–H and O–H groups in total. The number of hydrogen-bond donors (Lipinski definition) is 1. The molecule has 0 saturated heterocycles. The predicted octanol–water partition coefficient (Wildman–Crippen LogP) is 1.67. The second-order valence-electron chi connectivity index (χ2n) is 4.81. The molecule has 0 saturated carbocycles.